The Morgan fingerprint density at radius 1 is 0.852 bits per heavy atom. The molecule has 4 atom stereocenters. The molecule has 306 valence electrons. The van der Waals surface area contributed by atoms with Crippen LogP contribution in [0.1, 0.15) is 102 Å². The lowest BCUT2D eigenvalue weighted by molar-refractivity contribution is -0.148. The maximum absolute atomic E-state index is 13.3. The Bertz CT molecular complexity index is 1580. The fourth-order valence-corrected chi connectivity index (χ4v) is 6.33. The molecule has 0 spiro atoms. The van der Waals surface area contributed by atoms with Crippen molar-refractivity contribution < 1.29 is 32.6 Å². The second-order valence-electron chi connectivity index (χ2n) is 14.6. The predicted octanol–water partition coefficient (Wildman–Crippen LogP) is 5.68. The maximum atomic E-state index is 13.3. The minimum absolute atomic E-state index is 0. The summed E-state index contributed by atoms with van der Waals surface area (Å²) >= 11 is 0. The molecule has 4 heterocycles. The number of hydrogen-bond acceptors (Lipinski definition) is 9. The second-order valence-corrected chi connectivity index (χ2v) is 14.6. The molecule has 2 aromatic heterocycles. The van der Waals surface area contributed by atoms with Crippen LogP contribution >= 0.6 is 12.4 Å². The quantitative estimate of drug-likeness (QED) is 0.179. The molecule has 2 aliphatic rings. The van der Waals surface area contributed by atoms with Gasteiger partial charge < -0.3 is 33.6 Å². The third kappa shape index (κ3) is 16.1. The average molecular weight is 785 g/mol. The van der Waals surface area contributed by atoms with E-state index >= 15 is 0 Å². The van der Waals surface area contributed by atoms with Crippen molar-refractivity contribution in [2.75, 3.05) is 45.9 Å². The number of esters is 2. The Balaban J connectivity index is 0.000000466. The van der Waals surface area contributed by atoms with Gasteiger partial charge in [0.2, 0.25) is 0 Å². The molecule has 2 fully saturated rings. The molecule has 2 aromatic rings. The van der Waals surface area contributed by atoms with Crippen molar-refractivity contribution in [1.29, 1.82) is 0 Å². The van der Waals surface area contributed by atoms with Crippen molar-refractivity contribution in [2.45, 2.75) is 118 Å². The number of likely N-dealkylation sites (tertiary alicyclic amines) is 1. The van der Waals surface area contributed by atoms with E-state index in [1.807, 2.05) is 34.6 Å². The topological polar surface area (TPSA) is 129 Å². The Kier molecular flexibility index (Phi) is 22.4. The fraction of sp³-hybridized carbons (Fsp3) is 0.675. The number of halogens is 3. The number of rotatable bonds is 15. The zero-order chi connectivity index (χ0) is 39.7. The normalized spacial score (nSPS) is 17.8. The van der Waals surface area contributed by atoms with Gasteiger partial charge in [-0.05, 0) is 100 Å². The number of aldehydes is 1. The molecule has 4 rings (SSSR count). The Labute approximate surface area is 325 Å². The summed E-state index contributed by atoms with van der Waals surface area (Å²) in [4.78, 5) is 62.1. The fourth-order valence-electron chi connectivity index (χ4n) is 6.33. The highest BCUT2D eigenvalue weighted by Gasteiger charge is 2.26. The number of hydrogen-bond donors (Lipinski definition) is 1. The van der Waals surface area contributed by atoms with Crippen LogP contribution in [0.5, 0.6) is 0 Å². The highest BCUT2D eigenvalue weighted by atomic mass is 35.5. The number of ether oxygens (including phenoxy) is 2. The van der Waals surface area contributed by atoms with Crippen molar-refractivity contribution in [3.05, 3.63) is 67.5 Å². The molecule has 14 heteroatoms. The third-order valence-electron chi connectivity index (χ3n) is 9.19. The van der Waals surface area contributed by atoms with Gasteiger partial charge in [0.25, 0.3) is 11.1 Å². The van der Waals surface area contributed by atoms with E-state index in [1.165, 1.54) is 15.2 Å². The van der Waals surface area contributed by atoms with E-state index in [0.29, 0.717) is 45.4 Å². The zero-order valence-electron chi connectivity index (χ0n) is 33.4. The van der Waals surface area contributed by atoms with E-state index in [0.717, 1.165) is 54.6 Å². The molecular formula is C40H63ClF2N4O7. The first-order valence-electron chi connectivity index (χ1n) is 19.0. The molecule has 0 aromatic carbocycles. The van der Waals surface area contributed by atoms with Gasteiger partial charge in [-0.25, -0.2) is 18.4 Å². The van der Waals surface area contributed by atoms with Gasteiger partial charge in [-0.2, -0.15) is 0 Å². The van der Waals surface area contributed by atoms with Crippen molar-refractivity contribution in [3.8, 4) is 0 Å². The van der Waals surface area contributed by atoms with E-state index < -0.39 is 30.4 Å². The number of alkyl halides is 2. The summed E-state index contributed by atoms with van der Waals surface area (Å²) in [6, 6.07) is 1.79. The number of nitrogens with one attached hydrogen (secondary N) is 1. The first-order chi connectivity index (χ1) is 25.1. The Morgan fingerprint density at radius 3 is 1.72 bits per heavy atom. The van der Waals surface area contributed by atoms with Gasteiger partial charge in [0.05, 0.1) is 13.2 Å². The Morgan fingerprint density at radius 2 is 1.35 bits per heavy atom. The summed E-state index contributed by atoms with van der Waals surface area (Å²) in [6.45, 7) is 19.2. The molecule has 0 bridgehead atoms. The molecule has 1 N–H and O–H groups in total. The molecule has 0 amide bonds. The van der Waals surface area contributed by atoms with Gasteiger partial charge in [-0.1, -0.05) is 27.7 Å². The largest absolute Gasteiger partial charge is 0.464 e. The van der Waals surface area contributed by atoms with Crippen molar-refractivity contribution >= 4 is 30.6 Å². The molecular weight excluding hydrogens is 722 g/mol. The standard InChI is InChI=1S/C20H31FN2O3.C16H23NO4.C4H8FN.ClH/c1-5-26-20(25)18(10-14(2)3)23-12-16(15(4)11-19(23)24)6-8-22-9-7-17(21)13-22;1-5-21-16(20)14(8-11(2)3)17-10-13(6-7-18)12(4)9-15(17)19;5-4-1-2-6-3-4;/h11-12,14,17-18H,5-10,13H2,1-4H3;7,9-11,14H,5-6,8H2,1-4H3;4,6H,1-3H2;1H/t17-,18?;;4-;/m1.1./s1. The third-order valence-corrected chi connectivity index (χ3v) is 9.19. The predicted molar refractivity (Wildman–Crippen MR) is 210 cm³/mol. The molecule has 11 nitrogen and oxygen atoms in total. The van der Waals surface area contributed by atoms with Crippen molar-refractivity contribution in [3.63, 3.8) is 0 Å². The highest BCUT2D eigenvalue weighted by Crippen LogP contribution is 2.21. The van der Waals surface area contributed by atoms with Crippen LogP contribution in [0.3, 0.4) is 0 Å². The summed E-state index contributed by atoms with van der Waals surface area (Å²) in [5.41, 5.74) is 3.01. The highest BCUT2D eigenvalue weighted by molar-refractivity contribution is 5.85. The zero-order valence-corrected chi connectivity index (χ0v) is 34.2. The first kappa shape index (κ1) is 48.6. The van der Waals surface area contributed by atoms with Gasteiger partial charge in [-0.15, -0.1) is 12.4 Å². The Hall–Kier alpha value is -3.42. The van der Waals surface area contributed by atoms with Crippen LogP contribution in [0.4, 0.5) is 8.78 Å². The van der Waals surface area contributed by atoms with Crippen LogP contribution in [-0.4, -0.2) is 90.5 Å². The van der Waals surface area contributed by atoms with E-state index in [9.17, 15) is 32.8 Å². The molecule has 0 radical (unpaired) electrons. The van der Waals surface area contributed by atoms with E-state index in [2.05, 4.69) is 10.2 Å². The van der Waals surface area contributed by atoms with Crippen LogP contribution in [0.2, 0.25) is 0 Å². The number of carbonyl (C=O) groups is 3. The summed E-state index contributed by atoms with van der Waals surface area (Å²) in [5.74, 6) is -0.276. The molecule has 0 saturated carbocycles. The van der Waals surface area contributed by atoms with E-state index in [1.54, 1.807) is 39.2 Å². The van der Waals surface area contributed by atoms with Gasteiger partial charge >= 0.3 is 11.9 Å². The van der Waals surface area contributed by atoms with Crippen LogP contribution in [0.25, 0.3) is 0 Å². The van der Waals surface area contributed by atoms with E-state index in [-0.39, 0.29) is 54.4 Å². The molecule has 2 unspecified atom stereocenters. The van der Waals surface area contributed by atoms with Gasteiger partial charge in [0.15, 0.2) is 0 Å². The van der Waals surface area contributed by atoms with Crippen LogP contribution < -0.4 is 16.4 Å². The second kappa shape index (κ2) is 24.9. The average Bonchev–Trinajstić information content (AvgIpc) is 3.74. The number of aryl methyl sites for hydroxylation is 2. The minimum atomic E-state index is -0.732. The molecule has 2 aliphatic heterocycles. The van der Waals surface area contributed by atoms with Crippen LogP contribution in [-0.2, 0) is 36.7 Å². The number of pyridine rings is 2. The number of carbonyl (C=O) groups excluding carboxylic acids is 3. The van der Waals surface area contributed by atoms with Crippen molar-refractivity contribution in [1.82, 2.24) is 19.4 Å². The van der Waals surface area contributed by atoms with Crippen molar-refractivity contribution in [2.24, 2.45) is 11.8 Å². The van der Waals surface area contributed by atoms with E-state index in [4.69, 9.17) is 9.47 Å². The lowest BCUT2D eigenvalue weighted by Crippen LogP contribution is -2.32. The molecule has 54 heavy (non-hydrogen) atoms. The van der Waals surface area contributed by atoms with Crippen LogP contribution in [0, 0.1) is 25.7 Å². The molecule has 0 aliphatic carbocycles. The van der Waals surface area contributed by atoms with Gasteiger partial charge in [0, 0.05) is 57.1 Å². The summed E-state index contributed by atoms with van der Waals surface area (Å²) < 4.78 is 38.4. The maximum Gasteiger partial charge on any atom is 0.329 e. The lowest BCUT2D eigenvalue weighted by Gasteiger charge is -2.22. The van der Waals surface area contributed by atoms with Gasteiger partial charge in [-0.3, -0.25) is 9.59 Å². The summed E-state index contributed by atoms with van der Waals surface area (Å²) in [7, 11) is 0. The number of aromatic nitrogens is 2. The first-order valence-corrected chi connectivity index (χ1v) is 19.0. The lowest BCUT2D eigenvalue weighted by atomic mass is 10.0. The SMILES string of the molecule is CCOC(=O)C(CC(C)C)n1cc(CC=O)c(C)cc1=O.CCOC(=O)C(CC(C)C)n1cc(CCN2CC[C@@H](F)C2)c(C)cc1=O.Cl.F[C@@H]1CCNC1. The number of nitrogens with zero attached hydrogens (tertiary/aromatic N) is 3. The monoisotopic (exact) mass is 784 g/mol. The summed E-state index contributed by atoms with van der Waals surface area (Å²) in [6.07, 6.45) is 6.23. The van der Waals surface area contributed by atoms with Crippen LogP contribution in [0.15, 0.2) is 34.1 Å². The molecule has 2 saturated heterocycles. The minimum Gasteiger partial charge on any atom is -0.464 e. The van der Waals surface area contributed by atoms with Gasteiger partial charge in [0.1, 0.15) is 30.7 Å². The summed E-state index contributed by atoms with van der Waals surface area (Å²) in [5, 5.41) is 2.90. The smallest absolute Gasteiger partial charge is 0.329 e.